The predicted octanol–water partition coefficient (Wildman–Crippen LogP) is 4.85. The first kappa shape index (κ1) is 29.1. The van der Waals surface area contributed by atoms with Gasteiger partial charge in [0.05, 0.1) is 25.0 Å². The number of esters is 1. The Kier molecular flexibility index (Phi) is 11.1. The van der Waals surface area contributed by atoms with Crippen LogP contribution in [-0.2, 0) is 36.9 Å². The summed E-state index contributed by atoms with van der Waals surface area (Å²) in [5, 5.41) is 2.91. The maximum atomic E-state index is 13.5. The summed E-state index contributed by atoms with van der Waals surface area (Å²) >= 11 is 0. The van der Waals surface area contributed by atoms with Gasteiger partial charge in [0, 0.05) is 12.3 Å². The third-order valence-electron chi connectivity index (χ3n) is 6.98. The van der Waals surface area contributed by atoms with E-state index in [1.807, 2.05) is 68.4 Å². The van der Waals surface area contributed by atoms with Crippen molar-refractivity contribution in [3.8, 4) is 5.75 Å². The number of benzene rings is 2. The van der Waals surface area contributed by atoms with Gasteiger partial charge in [-0.2, -0.15) is 0 Å². The largest absolute Gasteiger partial charge is 0.494 e. The van der Waals surface area contributed by atoms with Crippen molar-refractivity contribution >= 4 is 23.4 Å². The quantitative estimate of drug-likeness (QED) is 0.546. The first-order valence-corrected chi connectivity index (χ1v) is 13.5. The number of Topliss-reactive ketones (excluding diaryl/α,β-unsaturated/α-hetero) is 2. The lowest BCUT2D eigenvalue weighted by molar-refractivity contribution is -0.148. The monoisotopic (exact) mass is 521 g/mol. The number of carbonyl (C=O) groups excluding carboxylic acids is 4. The van der Waals surface area contributed by atoms with E-state index >= 15 is 0 Å². The van der Waals surface area contributed by atoms with Crippen LogP contribution < -0.4 is 10.1 Å². The highest BCUT2D eigenvalue weighted by Crippen LogP contribution is 2.22. The molecule has 204 valence electrons. The molecule has 3 atom stereocenters. The van der Waals surface area contributed by atoms with Crippen LogP contribution in [-0.4, -0.2) is 36.1 Å². The Labute approximate surface area is 225 Å². The molecule has 7 heteroatoms. The summed E-state index contributed by atoms with van der Waals surface area (Å²) < 4.78 is 11.3. The van der Waals surface area contributed by atoms with E-state index in [9.17, 15) is 19.2 Å². The number of hydrogen-bond acceptors (Lipinski definition) is 6. The lowest BCUT2D eigenvalue weighted by atomic mass is 9.87. The van der Waals surface area contributed by atoms with Gasteiger partial charge in [-0.1, -0.05) is 56.3 Å². The molecule has 7 nitrogen and oxygen atoms in total. The highest BCUT2D eigenvalue weighted by atomic mass is 16.5. The molecular weight excluding hydrogens is 482 g/mol. The van der Waals surface area contributed by atoms with E-state index in [1.54, 1.807) is 0 Å². The molecule has 2 aliphatic heterocycles. The maximum absolute atomic E-state index is 13.5. The Morgan fingerprint density at radius 2 is 1.71 bits per heavy atom. The van der Waals surface area contributed by atoms with Crippen molar-refractivity contribution in [1.82, 2.24) is 5.32 Å². The van der Waals surface area contributed by atoms with E-state index in [2.05, 4.69) is 5.32 Å². The molecule has 0 radical (unpaired) electrons. The first-order valence-electron chi connectivity index (χ1n) is 13.5. The van der Waals surface area contributed by atoms with Gasteiger partial charge in [0.2, 0.25) is 5.91 Å². The molecule has 0 spiro atoms. The number of rotatable bonds is 6. The van der Waals surface area contributed by atoms with Crippen LogP contribution in [0.2, 0.25) is 0 Å². The Morgan fingerprint density at radius 3 is 2.37 bits per heavy atom. The lowest BCUT2D eigenvalue weighted by Gasteiger charge is -2.26. The average Bonchev–Trinajstić information content (AvgIpc) is 2.90. The van der Waals surface area contributed by atoms with E-state index < -0.39 is 17.9 Å². The van der Waals surface area contributed by atoms with Gasteiger partial charge in [-0.25, -0.2) is 0 Å². The van der Waals surface area contributed by atoms with Crippen LogP contribution in [0.15, 0.2) is 54.6 Å². The maximum Gasteiger partial charge on any atom is 0.306 e. The minimum absolute atomic E-state index is 0.0275. The van der Waals surface area contributed by atoms with Gasteiger partial charge >= 0.3 is 5.97 Å². The first-order chi connectivity index (χ1) is 18.2. The van der Waals surface area contributed by atoms with Gasteiger partial charge in [-0.15, -0.1) is 0 Å². The van der Waals surface area contributed by atoms with Gasteiger partial charge in [0.1, 0.15) is 18.1 Å². The fourth-order valence-corrected chi connectivity index (χ4v) is 4.65. The Bertz CT molecular complexity index is 1080. The SMILES string of the molecule is CC(=O)[C@@H]1CCCCOc2ccc(cc2)C[C@H](CC(=O)OCc2ccccc2)C(=O)N[C@@H](C(C)C)C(=O)C1. The van der Waals surface area contributed by atoms with E-state index in [0.29, 0.717) is 19.4 Å². The topological polar surface area (TPSA) is 98.8 Å². The van der Waals surface area contributed by atoms with Gasteiger partial charge in [-0.05, 0) is 61.8 Å². The molecule has 2 aromatic carbocycles. The van der Waals surface area contributed by atoms with E-state index in [1.165, 1.54) is 6.92 Å². The number of carbonyl (C=O) groups is 4. The van der Waals surface area contributed by atoms with E-state index in [0.717, 1.165) is 29.7 Å². The molecule has 2 heterocycles. The summed E-state index contributed by atoms with van der Waals surface area (Å²) in [7, 11) is 0. The van der Waals surface area contributed by atoms with Gasteiger partial charge in [-0.3, -0.25) is 19.2 Å². The summed E-state index contributed by atoms with van der Waals surface area (Å²) in [4.78, 5) is 51.8. The number of hydrogen-bond donors (Lipinski definition) is 1. The van der Waals surface area contributed by atoms with Crippen molar-refractivity contribution in [1.29, 1.82) is 0 Å². The highest BCUT2D eigenvalue weighted by Gasteiger charge is 2.31. The van der Waals surface area contributed by atoms with Crippen LogP contribution in [0.4, 0.5) is 0 Å². The average molecular weight is 522 g/mol. The Hall–Kier alpha value is -3.48. The zero-order valence-corrected chi connectivity index (χ0v) is 22.6. The van der Waals surface area contributed by atoms with E-state index in [-0.39, 0.29) is 48.8 Å². The third kappa shape index (κ3) is 9.12. The Morgan fingerprint density at radius 1 is 1.00 bits per heavy atom. The number of ether oxygens (including phenoxy) is 2. The second-order valence-corrected chi connectivity index (χ2v) is 10.4. The molecule has 0 saturated carbocycles. The van der Waals surface area contributed by atoms with Crippen LogP contribution in [0, 0.1) is 17.8 Å². The molecule has 2 aliphatic rings. The fraction of sp³-hybridized carbons (Fsp3) is 0.484. The molecule has 0 saturated heterocycles. The van der Waals surface area contributed by atoms with Crippen molar-refractivity contribution in [2.24, 2.45) is 17.8 Å². The molecule has 0 fully saturated rings. The molecule has 0 aliphatic carbocycles. The smallest absolute Gasteiger partial charge is 0.306 e. The molecule has 4 rings (SSSR count). The van der Waals surface area contributed by atoms with Gasteiger partial charge < -0.3 is 14.8 Å². The highest BCUT2D eigenvalue weighted by molar-refractivity contribution is 5.93. The summed E-state index contributed by atoms with van der Waals surface area (Å²) in [5.41, 5.74) is 1.74. The molecule has 38 heavy (non-hydrogen) atoms. The fourth-order valence-electron chi connectivity index (χ4n) is 4.65. The molecule has 2 bridgehead atoms. The van der Waals surface area contributed by atoms with Crippen LogP contribution in [0.1, 0.15) is 64.0 Å². The predicted molar refractivity (Wildman–Crippen MR) is 144 cm³/mol. The second kappa shape index (κ2) is 14.5. The minimum atomic E-state index is -0.742. The molecule has 0 unspecified atom stereocenters. The second-order valence-electron chi connectivity index (χ2n) is 10.4. The number of amides is 1. The standard InChI is InChI=1S/C31H39NO6/c1-21(2)30-28(34)18-25(22(3)33)11-7-8-16-37-27-14-12-23(13-15-27)17-26(31(36)32-30)19-29(35)38-20-24-9-5-4-6-10-24/h4-6,9-10,12-15,21,25-26,30H,7-8,11,16-20H2,1-3H3,(H,32,36)/t25-,26-,30+/m1/s1. The van der Waals surface area contributed by atoms with Crippen molar-refractivity contribution in [3.05, 3.63) is 65.7 Å². The van der Waals surface area contributed by atoms with Crippen molar-refractivity contribution in [2.45, 2.75) is 71.9 Å². The molecule has 0 aromatic heterocycles. The van der Waals surface area contributed by atoms with Crippen LogP contribution in [0.25, 0.3) is 0 Å². The number of nitrogens with one attached hydrogen (secondary N) is 1. The van der Waals surface area contributed by atoms with Crippen LogP contribution in [0.5, 0.6) is 5.75 Å². The van der Waals surface area contributed by atoms with Crippen LogP contribution >= 0.6 is 0 Å². The molecule has 2 aromatic rings. The Balaban J connectivity index is 1.81. The molecular formula is C31H39NO6. The van der Waals surface area contributed by atoms with Crippen molar-refractivity contribution in [2.75, 3.05) is 6.61 Å². The van der Waals surface area contributed by atoms with Crippen molar-refractivity contribution in [3.63, 3.8) is 0 Å². The zero-order chi connectivity index (χ0) is 27.5. The van der Waals surface area contributed by atoms with Gasteiger partial charge in [0.25, 0.3) is 0 Å². The molecule has 1 N–H and O–H groups in total. The normalized spacial score (nSPS) is 21.3. The number of fused-ring (bicyclic) bond motifs is 14. The third-order valence-corrected chi connectivity index (χ3v) is 6.98. The van der Waals surface area contributed by atoms with Gasteiger partial charge in [0.15, 0.2) is 5.78 Å². The van der Waals surface area contributed by atoms with E-state index in [4.69, 9.17) is 9.47 Å². The van der Waals surface area contributed by atoms with Crippen molar-refractivity contribution < 1.29 is 28.7 Å². The summed E-state index contributed by atoms with van der Waals surface area (Å²) in [5.74, 6) is -1.61. The summed E-state index contributed by atoms with van der Waals surface area (Å²) in [6, 6.07) is 16.1. The number of ketones is 2. The zero-order valence-electron chi connectivity index (χ0n) is 22.6. The van der Waals surface area contributed by atoms with Crippen LogP contribution in [0.3, 0.4) is 0 Å². The molecule has 1 amide bonds. The summed E-state index contributed by atoms with van der Waals surface area (Å²) in [6.45, 7) is 5.89. The minimum Gasteiger partial charge on any atom is -0.494 e. The lowest BCUT2D eigenvalue weighted by Crippen LogP contribution is -2.48. The summed E-state index contributed by atoms with van der Waals surface area (Å²) in [6.07, 6.45) is 2.41.